The van der Waals surface area contributed by atoms with E-state index in [4.69, 9.17) is 26.1 Å². The quantitative estimate of drug-likeness (QED) is 0.178. The number of halogens is 4. The molecule has 0 unspecified atom stereocenters. The molecule has 0 saturated heterocycles. The van der Waals surface area contributed by atoms with Crippen molar-refractivity contribution in [3.8, 4) is 11.5 Å². The van der Waals surface area contributed by atoms with E-state index in [1.165, 1.54) is 11.1 Å². The number of hydrogen-bond donors (Lipinski definition) is 0. The van der Waals surface area contributed by atoms with Crippen molar-refractivity contribution in [2.24, 2.45) is 5.10 Å². The molecule has 0 amide bonds. The molecule has 0 bridgehead atoms. The third kappa shape index (κ3) is 6.42. The zero-order valence-corrected chi connectivity index (χ0v) is 26.6. The summed E-state index contributed by atoms with van der Waals surface area (Å²) in [5.74, 6) is 1.79. The van der Waals surface area contributed by atoms with Gasteiger partial charge in [0.1, 0.15) is 12.4 Å². The summed E-state index contributed by atoms with van der Waals surface area (Å²) < 4.78 is 15.8. The van der Waals surface area contributed by atoms with Gasteiger partial charge in [-0.3, -0.25) is 4.79 Å². The van der Waals surface area contributed by atoms with Gasteiger partial charge in [-0.2, -0.15) is 9.78 Å². The number of methoxy groups -OCH3 is 1. The Morgan fingerprint density at radius 1 is 1.05 bits per heavy atom. The maximum atomic E-state index is 13.6. The molecule has 39 heavy (non-hydrogen) atoms. The molecule has 1 aromatic heterocycles. The minimum absolute atomic E-state index is 0.184. The van der Waals surface area contributed by atoms with Crippen molar-refractivity contribution >= 4 is 76.5 Å². The molecule has 0 aliphatic heterocycles. The van der Waals surface area contributed by atoms with Crippen molar-refractivity contribution in [1.82, 2.24) is 9.66 Å². The molecule has 1 aliphatic rings. The molecule has 1 heterocycles. The lowest BCUT2D eigenvalue weighted by atomic mass is 9.88. The smallest absolute Gasteiger partial charge is 0.282 e. The molecular formula is C29H25Br3ClN3O3. The Labute approximate surface area is 256 Å². The molecule has 5 rings (SSSR count). The summed E-state index contributed by atoms with van der Waals surface area (Å²) in [6.45, 7) is 0.301. The molecule has 0 radical (unpaired) electrons. The van der Waals surface area contributed by atoms with E-state index < -0.39 is 0 Å². The van der Waals surface area contributed by atoms with Gasteiger partial charge in [0.15, 0.2) is 11.5 Å². The van der Waals surface area contributed by atoms with Crippen LogP contribution in [0.5, 0.6) is 11.5 Å². The van der Waals surface area contributed by atoms with Gasteiger partial charge in [0, 0.05) is 24.9 Å². The maximum Gasteiger partial charge on any atom is 0.282 e. The van der Waals surface area contributed by atoms with Crippen LogP contribution in [0.3, 0.4) is 0 Å². The summed E-state index contributed by atoms with van der Waals surface area (Å²) in [6.07, 6.45) is 7.04. The van der Waals surface area contributed by atoms with Gasteiger partial charge < -0.3 is 9.47 Å². The molecule has 10 heteroatoms. The molecule has 4 aromatic rings. The predicted molar refractivity (Wildman–Crippen MR) is 167 cm³/mol. The number of benzene rings is 3. The maximum absolute atomic E-state index is 13.6. The summed E-state index contributed by atoms with van der Waals surface area (Å²) in [5, 5.41) is 5.52. The summed E-state index contributed by atoms with van der Waals surface area (Å²) in [5.41, 5.74) is 2.12. The second-order valence-electron chi connectivity index (χ2n) is 9.39. The molecule has 1 aliphatic carbocycles. The van der Waals surface area contributed by atoms with Crippen LogP contribution in [0.2, 0.25) is 5.02 Å². The number of aromatic nitrogens is 2. The third-order valence-corrected chi connectivity index (χ3v) is 8.77. The lowest BCUT2D eigenvalue weighted by Crippen LogP contribution is -2.25. The fourth-order valence-electron chi connectivity index (χ4n) is 4.77. The monoisotopic (exact) mass is 735 g/mol. The van der Waals surface area contributed by atoms with Crippen molar-refractivity contribution in [2.45, 2.75) is 44.6 Å². The highest BCUT2D eigenvalue weighted by Crippen LogP contribution is 2.37. The number of ether oxygens (including phenoxy) is 2. The van der Waals surface area contributed by atoms with Crippen LogP contribution in [0.1, 0.15) is 55.0 Å². The largest absolute Gasteiger partial charge is 0.493 e. The van der Waals surface area contributed by atoms with Crippen LogP contribution in [0.25, 0.3) is 10.9 Å². The van der Waals surface area contributed by atoms with Crippen LogP contribution in [-0.2, 0) is 6.61 Å². The fourth-order valence-corrected chi connectivity index (χ4v) is 6.57. The van der Waals surface area contributed by atoms with Crippen molar-refractivity contribution in [3.05, 3.63) is 94.3 Å². The molecule has 3 aromatic carbocycles. The lowest BCUT2D eigenvalue weighted by molar-refractivity contribution is 0.284. The Kier molecular flexibility index (Phi) is 9.11. The van der Waals surface area contributed by atoms with Gasteiger partial charge >= 0.3 is 0 Å². The van der Waals surface area contributed by atoms with E-state index >= 15 is 0 Å². The summed E-state index contributed by atoms with van der Waals surface area (Å²) in [7, 11) is 1.56. The van der Waals surface area contributed by atoms with E-state index in [0.29, 0.717) is 45.4 Å². The van der Waals surface area contributed by atoms with Gasteiger partial charge in [0.05, 0.1) is 29.2 Å². The van der Waals surface area contributed by atoms with Gasteiger partial charge in [-0.15, -0.1) is 0 Å². The summed E-state index contributed by atoms with van der Waals surface area (Å²) in [4.78, 5) is 18.5. The van der Waals surface area contributed by atoms with Crippen molar-refractivity contribution in [2.75, 3.05) is 7.11 Å². The first-order valence-electron chi connectivity index (χ1n) is 12.5. The second kappa shape index (κ2) is 12.5. The number of rotatable bonds is 7. The fraction of sp³-hybridized carbons (Fsp3) is 0.276. The second-order valence-corrected chi connectivity index (χ2v) is 12.5. The van der Waals surface area contributed by atoms with E-state index in [0.717, 1.165) is 44.7 Å². The van der Waals surface area contributed by atoms with Crippen molar-refractivity contribution in [3.63, 3.8) is 0 Å². The molecule has 0 atom stereocenters. The van der Waals surface area contributed by atoms with Gasteiger partial charge in [-0.1, -0.05) is 84.7 Å². The van der Waals surface area contributed by atoms with Crippen molar-refractivity contribution < 1.29 is 9.47 Å². The Morgan fingerprint density at radius 3 is 2.54 bits per heavy atom. The van der Waals surface area contributed by atoms with Crippen LogP contribution in [0, 0.1) is 0 Å². The molecular weight excluding hydrogens is 714 g/mol. The first-order chi connectivity index (χ1) is 18.8. The molecule has 0 N–H and O–H groups in total. The normalized spacial score (nSPS) is 14.3. The highest BCUT2D eigenvalue weighted by atomic mass is 79.9. The zero-order valence-electron chi connectivity index (χ0n) is 21.1. The SMILES string of the molecule is COc1cc(C=Nn2c(C3CCCCC3)nc3ccc(Br)cc3c2=O)cc(Cl)c1OCc1ccc(Br)cc1Br. The molecule has 202 valence electrons. The van der Waals surface area contributed by atoms with Crippen LogP contribution in [0.15, 0.2) is 71.8 Å². The van der Waals surface area contributed by atoms with Crippen LogP contribution in [-0.4, -0.2) is 23.0 Å². The molecule has 1 saturated carbocycles. The summed E-state index contributed by atoms with van der Waals surface area (Å²) >= 11 is 17.1. The Balaban J connectivity index is 1.49. The van der Waals surface area contributed by atoms with E-state index in [2.05, 4.69) is 52.9 Å². The average Bonchev–Trinajstić information content (AvgIpc) is 2.93. The Bertz CT molecular complexity index is 1620. The van der Waals surface area contributed by atoms with Gasteiger partial charge in [-0.25, -0.2) is 4.98 Å². The van der Waals surface area contributed by atoms with Crippen LogP contribution in [0.4, 0.5) is 0 Å². The first-order valence-corrected chi connectivity index (χ1v) is 15.3. The average molecular weight is 739 g/mol. The van der Waals surface area contributed by atoms with E-state index in [1.807, 2.05) is 30.3 Å². The highest BCUT2D eigenvalue weighted by molar-refractivity contribution is 9.11. The topological polar surface area (TPSA) is 65.7 Å². The van der Waals surface area contributed by atoms with Gasteiger partial charge in [0.25, 0.3) is 5.56 Å². The summed E-state index contributed by atoms with van der Waals surface area (Å²) in [6, 6.07) is 15.0. The third-order valence-electron chi connectivity index (χ3n) is 6.76. The number of fused-ring (bicyclic) bond motifs is 1. The lowest BCUT2D eigenvalue weighted by Gasteiger charge is -2.22. The van der Waals surface area contributed by atoms with Gasteiger partial charge in [0.2, 0.25) is 0 Å². The Hall–Kier alpha value is -2.20. The van der Waals surface area contributed by atoms with E-state index in [-0.39, 0.29) is 11.5 Å². The molecule has 1 fully saturated rings. The first kappa shape index (κ1) is 28.3. The van der Waals surface area contributed by atoms with Crippen LogP contribution >= 0.6 is 59.4 Å². The van der Waals surface area contributed by atoms with E-state index in [1.54, 1.807) is 31.5 Å². The standard InChI is InChI=1S/C29H25Br3ClN3O3/c1-38-26-12-17(11-24(33)27(26)39-16-19-7-8-21(31)14-23(19)32)15-34-36-28(18-5-3-2-4-6-18)35-25-10-9-20(30)13-22(25)29(36)37/h7-15,18H,2-6,16H2,1H3. The predicted octanol–water partition coefficient (Wildman–Crippen LogP) is 8.85. The van der Waals surface area contributed by atoms with Crippen molar-refractivity contribution in [1.29, 1.82) is 0 Å². The zero-order chi connectivity index (χ0) is 27.5. The number of nitrogens with zero attached hydrogens (tertiary/aromatic N) is 3. The highest BCUT2D eigenvalue weighted by Gasteiger charge is 2.22. The van der Waals surface area contributed by atoms with Gasteiger partial charge in [-0.05, 0) is 60.9 Å². The molecule has 6 nitrogen and oxygen atoms in total. The minimum Gasteiger partial charge on any atom is -0.493 e. The molecule has 0 spiro atoms. The van der Waals surface area contributed by atoms with Crippen LogP contribution < -0.4 is 15.0 Å². The number of hydrogen-bond acceptors (Lipinski definition) is 5. The van der Waals surface area contributed by atoms with E-state index in [9.17, 15) is 4.79 Å². The Morgan fingerprint density at radius 2 is 1.79 bits per heavy atom. The minimum atomic E-state index is -0.198.